The van der Waals surface area contributed by atoms with Crippen LogP contribution in [0.3, 0.4) is 0 Å². The zero-order valence-electron chi connectivity index (χ0n) is 14.4. The molecule has 1 N–H and O–H groups in total. The monoisotopic (exact) mass is 349 g/mol. The van der Waals surface area contributed by atoms with Crippen LogP contribution in [0, 0.1) is 11.3 Å². The van der Waals surface area contributed by atoms with Crippen LogP contribution in [-0.4, -0.2) is 11.7 Å². The molecule has 0 radical (unpaired) electrons. The van der Waals surface area contributed by atoms with Gasteiger partial charge in [-0.05, 0) is 41.8 Å². The molecular formula is C21H19NO4. The Hall–Kier alpha value is -3.10. The SMILES string of the molecule is CCCc1cc(=O)oc2cc(OCC(O)c3ccc(C#N)cc3)ccc12. The molecule has 0 saturated heterocycles. The third-order valence-corrected chi connectivity index (χ3v) is 4.15. The summed E-state index contributed by atoms with van der Waals surface area (Å²) in [5.41, 5.74) is 2.26. The molecule has 0 spiro atoms. The standard InChI is InChI=1S/C21H19NO4/c1-2-3-16-10-21(24)26-20-11-17(8-9-18(16)20)25-13-19(23)15-6-4-14(12-22)5-7-15/h4-11,19,23H,2-3,13H2,1H3. The van der Waals surface area contributed by atoms with Crippen molar-refractivity contribution >= 4 is 11.0 Å². The molecule has 3 aromatic rings. The van der Waals surface area contributed by atoms with E-state index in [9.17, 15) is 9.90 Å². The van der Waals surface area contributed by atoms with Crippen molar-refractivity contribution in [1.29, 1.82) is 5.26 Å². The minimum atomic E-state index is -0.822. The Morgan fingerprint density at radius 3 is 2.65 bits per heavy atom. The molecule has 2 aromatic carbocycles. The van der Waals surface area contributed by atoms with Gasteiger partial charge in [-0.15, -0.1) is 0 Å². The summed E-state index contributed by atoms with van der Waals surface area (Å²) in [5.74, 6) is 0.516. The zero-order valence-corrected chi connectivity index (χ0v) is 14.4. The Kier molecular flexibility index (Phi) is 5.35. The lowest BCUT2D eigenvalue weighted by Crippen LogP contribution is -2.09. The van der Waals surface area contributed by atoms with Gasteiger partial charge in [0.25, 0.3) is 0 Å². The fourth-order valence-electron chi connectivity index (χ4n) is 2.83. The second kappa shape index (κ2) is 7.85. The third-order valence-electron chi connectivity index (χ3n) is 4.15. The van der Waals surface area contributed by atoms with Crippen LogP contribution in [0.1, 0.15) is 36.1 Å². The second-order valence-corrected chi connectivity index (χ2v) is 6.06. The summed E-state index contributed by atoms with van der Waals surface area (Å²) in [7, 11) is 0. The van der Waals surface area contributed by atoms with Gasteiger partial charge in [0.1, 0.15) is 24.0 Å². The van der Waals surface area contributed by atoms with E-state index in [4.69, 9.17) is 14.4 Å². The molecule has 3 rings (SSSR count). The topological polar surface area (TPSA) is 83.5 Å². The highest BCUT2D eigenvalue weighted by Gasteiger charge is 2.10. The van der Waals surface area contributed by atoms with Crippen molar-refractivity contribution in [2.45, 2.75) is 25.9 Å². The maximum absolute atomic E-state index is 11.7. The molecule has 0 aliphatic rings. The summed E-state index contributed by atoms with van der Waals surface area (Å²) >= 11 is 0. The molecule has 132 valence electrons. The number of ether oxygens (including phenoxy) is 1. The van der Waals surface area contributed by atoms with Gasteiger partial charge in [0, 0.05) is 17.5 Å². The number of aryl methyl sites for hydroxylation is 1. The maximum atomic E-state index is 11.7. The van der Waals surface area contributed by atoms with Crippen LogP contribution in [0.5, 0.6) is 5.75 Å². The van der Waals surface area contributed by atoms with Gasteiger partial charge in [-0.3, -0.25) is 0 Å². The van der Waals surface area contributed by atoms with E-state index < -0.39 is 6.10 Å². The van der Waals surface area contributed by atoms with Gasteiger partial charge in [0.05, 0.1) is 11.6 Å². The van der Waals surface area contributed by atoms with Gasteiger partial charge >= 0.3 is 5.63 Å². The average Bonchev–Trinajstić information content (AvgIpc) is 2.66. The molecule has 0 fully saturated rings. The molecule has 1 heterocycles. The van der Waals surface area contributed by atoms with Crippen LogP contribution in [0.25, 0.3) is 11.0 Å². The molecule has 5 nitrogen and oxygen atoms in total. The number of aliphatic hydroxyl groups excluding tert-OH is 1. The first-order valence-electron chi connectivity index (χ1n) is 8.48. The summed E-state index contributed by atoms with van der Waals surface area (Å²) in [6, 6.07) is 15.6. The maximum Gasteiger partial charge on any atom is 0.336 e. The van der Waals surface area contributed by atoms with Gasteiger partial charge in [0.2, 0.25) is 0 Å². The van der Waals surface area contributed by atoms with Crippen molar-refractivity contribution in [3.8, 4) is 11.8 Å². The second-order valence-electron chi connectivity index (χ2n) is 6.06. The number of nitrogens with zero attached hydrogens (tertiary/aromatic N) is 1. The zero-order chi connectivity index (χ0) is 18.5. The smallest absolute Gasteiger partial charge is 0.336 e. The molecule has 0 aliphatic carbocycles. The summed E-state index contributed by atoms with van der Waals surface area (Å²) in [5, 5.41) is 19.9. The Morgan fingerprint density at radius 1 is 1.19 bits per heavy atom. The van der Waals surface area contributed by atoms with Crippen molar-refractivity contribution in [3.63, 3.8) is 0 Å². The van der Waals surface area contributed by atoms with E-state index in [-0.39, 0.29) is 12.2 Å². The molecule has 0 saturated carbocycles. The molecule has 26 heavy (non-hydrogen) atoms. The van der Waals surface area contributed by atoms with E-state index in [0.29, 0.717) is 22.5 Å². The highest BCUT2D eigenvalue weighted by molar-refractivity contribution is 5.81. The van der Waals surface area contributed by atoms with Crippen molar-refractivity contribution in [3.05, 3.63) is 75.6 Å². The van der Waals surface area contributed by atoms with Crippen molar-refractivity contribution in [1.82, 2.24) is 0 Å². The molecule has 5 heteroatoms. The van der Waals surface area contributed by atoms with E-state index in [1.165, 1.54) is 6.07 Å². The lowest BCUT2D eigenvalue weighted by atomic mass is 10.1. The van der Waals surface area contributed by atoms with Crippen molar-refractivity contribution < 1.29 is 14.3 Å². The highest BCUT2D eigenvalue weighted by atomic mass is 16.5. The lowest BCUT2D eigenvalue weighted by Gasteiger charge is -2.13. The minimum Gasteiger partial charge on any atom is -0.490 e. The molecular weight excluding hydrogens is 330 g/mol. The minimum absolute atomic E-state index is 0.0519. The highest BCUT2D eigenvalue weighted by Crippen LogP contribution is 2.24. The van der Waals surface area contributed by atoms with Gasteiger partial charge in [-0.1, -0.05) is 25.5 Å². The number of nitriles is 1. The largest absolute Gasteiger partial charge is 0.490 e. The Labute approximate surface area is 151 Å². The summed E-state index contributed by atoms with van der Waals surface area (Å²) < 4.78 is 10.9. The third kappa shape index (κ3) is 3.93. The first-order chi connectivity index (χ1) is 12.6. The quantitative estimate of drug-likeness (QED) is 0.686. The van der Waals surface area contributed by atoms with Crippen LogP contribution in [0.15, 0.2) is 57.7 Å². The van der Waals surface area contributed by atoms with Crippen LogP contribution in [0.2, 0.25) is 0 Å². The van der Waals surface area contributed by atoms with Gasteiger partial charge in [-0.25, -0.2) is 4.79 Å². The summed E-state index contributed by atoms with van der Waals surface area (Å²) in [6.07, 6.45) is 0.921. The van der Waals surface area contributed by atoms with Crippen LogP contribution in [-0.2, 0) is 6.42 Å². The van der Waals surface area contributed by atoms with Crippen LogP contribution >= 0.6 is 0 Å². The summed E-state index contributed by atoms with van der Waals surface area (Å²) in [6.45, 7) is 2.11. The van der Waals surface area contributed by atoms with Gasteiger partial charge in [0.15, 0.2) is 0 Å². The lowest BCUT2D eigenvalue weighted by molar-refractivity contribution is 0.108. The van der Waals surface area contributed by atoms with Crippen LogP contribution in [0.4, 0.5) is 0 Å². The fraction of sp³-hybridized carbons (Fsp3) is 0.238. The van der Waals surface area contributed by atoms with E-state index in [2.05, 4.69) is 6.92 Å². The predicted molar refractivity (Wildman–Crippen MR) is 98.1 cm³/mol. The van der Waals surface area contributed by atoms with Gasteiger partial charge in [-0.2, -0.15) is 5.26 Å². The normalized spacial score (nSPS) is 11.9. The fourth-order valence-corrected chi connectivity index (χ4v) is 2.83. The number of hydrogen-bond acceptors (Lipinski definition) is 5. The molecule has 1 aromatic heterocycles. The van der Waals surface area contributed by atoms with Crippen molar-refractivity contribution in [2.24, 2.45) is 0 Å². The van der Waals surface area contributed by atoms with Crippen molar-refractivity contribution in [2.75, 3.05) is 6.61 Å². The first kappa shape index (κ1) is 17.7. The van der Waals surface area contributed by atoms with Gasteiger partial charge < -0.3 is 14.3 Å². The Balaban J connectivity index is 1.76. The van der Waals surface area contributed by atoms with E-state index >= 15 is 0 Å². The number of aliphatic hydroxyl groups is 1. The average molecular weight is 349 g/mol. The van der Waals surface area contributed by atoms with E-state index in [1.54, 1.807) is 36.4 Å². The molecule has 1 unspecified atom stereocenters. The Bertz CT molecular complexity index is 999. The van der Waals surface area contributed by atoms with E-state index in [1.807, 2.05) is 12.1 Å². The molecule has 0 aliphatic heterocycles. The van der Waals surface area contributed by atoms with Crippen LogP contribution < -0.4 is 10.4 Å². The molecule has 0 amide bonds. The number of hydrogen-bond donors (Lipinski definition) is 1. The van der Waals surface area contributed by atoms with E-state index in [0.717, 1.165) is 23.8 Å². The number of fused-ring (bicyclic) bond motifs is 1. The first-order valence-corrected chi connectivity index (χ1v) is 8.48. The Morgan fingerprint density at radius 2 is 1.96 bits per heavy atom. The molecule has 0 bridgehead atoms. The molecule has 1 atom stereocenters. The number of benzene rings is 2. The predicted octanol–water partition coefficient (Wildman–Crippen LogP) is 3.73. The number of rotatable bonds is 6. The summed E-state index contributed by atoms with van der Waals surface area (Å²) in [4.78, 5) is 11.7.